The van der Waals surface area contributed by atoms with Crippen molar-refractivity contribution in [2.75, 3.05) is 0 Å². The Morgan fingerprint density at radius 2 is 2.32 bits per heavy atom. The van der Waals surface area contributed by atoms with Crippen molar-refractivity contribution in [2.24, 2.45) is 0 Å². The van der Waals surface area contributed by atoms with Gasteiger partial charge in [0.2, 0.25) is 0 Å². The van der Waals surface area contributed by atoms with Gasteiger partial charge in [-0.25, -0.2) is 9.78 Å². The summed E-state index contributed by atoms with van der Waals surface area (Å²) in [6.45, 7) is 1.60. The molecule has 3 rings (SSSR count). The molecule has 19 heavy (non-hydrogen) atoms. The van der Waals surface area contributed by atoms with E-state index in [-0.39, 0.29) is 10.4 Å². The van der Waals surface area contributed by atoms with Crippen molar-refractivity contribution in [1.29, 1.82) is 0 Å². The number of carbonyl (C=O) groups is 1. The highest BCUT2D eigenvalue weighted by Crippen LogP contribution is 2.28. The molecular weight excluding hydrogens is 268 g/mol. The van der Waals surface area contributed by atoms with Crippen LogP contribution < -0.4 is 5.56 Å². The summed E-state index contributed by atoms with van der Waals surface area (Å²) in [6, 6.07) is 3.35. The summed E-state index contributed by atoms with van der Waals surface area (Å²) in [6.07, 6.45) is 1.47. The van der Waals surface area contributed by atoms with Crippen molar-refractivity contribution in [1.82, 2.24) is 9.97 Å². The van der Waals surface area contributed by atoms with Gasteiger partial charge in [-0.1, -0.05) is 0 Å². The number of aromatic nitrogens is 2. The summed E-state index contributed by atoms with van der Waals surface area (Å²) in [5.41, 5.74) is 0.0740. The smallest absolute Gasteiger partial charge is 0.346 e. The SMILES string of the molecule is Cc1c(C(=O)O)sc2nc(-c3ccco3)[nH]c(=O)c12. The first-order valence-electron chi connectivity index (χ1n) is 5.38. The van der Waals surface area contributed by atoms with Crippen molar-refractivity contribution in [2.45, 2.75) is 6.92 Å². The van der Waals surface area contributed by atoms with Gasteiger partial charge in [0.05, 0.1) is 11.6 Å². The largest absolute Gasteiger partial charge is 0.477 e. The molecule has 0 bridgehead atoms. The van der Waals surface area contributed by atoms with Crippen LogP contribution in [0.3, 0.4) is 0 Å². The van der Waals surface area contributed by atoms with Gasteiger partial charge in [-0.3, -0.25) is 4.79 Å². The maximum atomic E-state index is 12.0. The summed E-state index contributed by atoms with van der Waals surface area (Å²) in [4.78, 5) is 30.5. The Kier molecular flexibility index (Phi) is 2.49. The van der Waals surface area contributed by atoms with Crippen molar-refractivity contribution in [3.63, 3.8) is 0 Å². The number of hydrogen-bond donors (Lipinski definition) is 2. The van der Waals surface area contributed by atoms with Crippen LogP contribution in [0.2, 0.25) is 0 Å². The maximum absolute atomic E-state index is 12.0. The highest BCUT2D eigenvalue weighted by molar-refractivity contribution is 7.20. The molecule has 0 saturated heterocycles. The number of fused-ring (bicyclic) bond motifs is 1. The monoisotopic (exact) mass is 276 g/mol. The van der Waals surface area contributed by atoms with Crippen LogP contribution >= 0.6 is 11.3 Å². The van der Waals surface area contributed by atoms with E-state index in [1.165, 1.54) is 6.26 Å². The van der Waals surface area contributed by atoms with Gasteiger partial charge in [0.15, 0.2) is 11.6 Å². The summed E-state index contributed by atoms with van der Waals surface area (Å²) in [7, 11) is 0. The van der Waals surface area contributed by atoms with Crippen LogP contribution in [-0.4, -0.2) is 21.0 Å². The number of thiophene rings is 1. The van der Waals surface area contributed by atoms with Crippen molar-refractivity contribution >= 4 is 27.5 Å². The van der Waals surface area contributed by atoms with E-state index in [2.05, 4.69) is 9.97 Å². The zero-order valence-corrected chi connectivity index (χ0v) is 10.6. The molecule has 6 nitrogen and oxygen atoms in total. The average molecular weight is 276 g/mol. The van der Waals surface area contributed by atoms with E-state index < -0.39 is 5.97 Å². The van der Waals surface area contributed by atoms with Gasteiger partial charge in [-0.2, -0.15) is 0 Å². The molecule has 3 aromatic rings. The molecule has 0 unspecified atom stereocenters. The zero-order chi connectivity index (χ0) is 13.6. The van der Waals surface area contributed by atoms with E-state index in [9.17, 15) is 9.59 Å². The molecule has 3 aromatic heterocycles. The van der Waals surface area contributed by atoms with Gasteiger partial charge in [0.1, 0.15) is 9.71 Å². The van der Waals surface area contributed by atoms with Gasteiger partial charge >= 0.3 is 5.97 Å². The van der Waals surface area contributed by atoms with E-state index in [4.69, 9.17) is 9.52 Å². The van der Waals surface area contributed by atoms with Crippen LogP contribution in [-0.2, 0) is 0 Å². The Balaban J connectivity index is 2.33. The van der Waals surface area contributed by atoms with E-state index in [0.29, 0.717) is 27.4 Å². The van der Waals surface area contributed by atoms with Crippen LogP contribution in [0.15, 0.2) is 27.6 Å². The topological polar surface area (TPSA) is 96.2 Å². The fourth-order valence-electron chi connectivity index (χ4n) is 1.88. The Morgan fingerprint density at radius 1 is 1.53 bits per heavy atom. The lowest BCUT2D eigenvalue weighted by atomic mass is 10.2. The highest BCUT2D eigenvalue weighted by Gasteiger charge is 2.19. The number of furan rings is 1. The fraction of sp³-hybridized carbons (Fsp3) is 0.0833. The van der Waals surface area contributed by atoms with Gasteiger partial charge in [0, 0.05) is 0 Å². The maximum Gasteiger partial charge on any atom is 0.346 e. The van der Waals surface area contributed by atoms with Gasteiger partial charge in [-0.15, -0.1) is 11.3 Å². The number of H-pyrrole nitrogens is 1. The number of aryl methyl sites for hydroxylation is 1. The second-order valence-electron chi connectivity index (χ2n) is 3.93. The Labute approximate surface area is 110 Å². The van der Waals surface area contributed by atoms with E-state index in [0.717, 1.165) is 11.3 Å². The number of carboxylic acid groups (broad SMARTS) is 1. The van der Waals surface area contributed by atoms with Crippen molar-refractivity contribution in [3.05, 3.63) is 39.2 Å². The third-order valence-electron chi connectivity index (χ3n) is 2.75. The Morgan fingerprint density at radius 3 is 2.95 bits per heavy atom. The van der Waals surface area contributed by atoms with Crippen LogP contribution in [0.25, 0.3) is 21.8 Å². The molecule has 0 saturated carbocycles. The Bertz CT molecular complexity index is 829. The van der Waals surface area contributed by atoms with E-state index in [1.54, 1.807) is 19.1 Å². The number of carboxylic acids is 1. The predicted octanol–water partition coefficient (Wildman–Crippen LogP) is 2.25. The average Bonchev–Trinajstić information content (AvgIpc) is 2.96. The Hall–Kier alpha value is -2.41. The second-order valence-corrected chi connectivity index (χ2v) is 4.93. The minimum absolute atomic E-state index is 0.129. The molecule has 0 radical (unpaired) electrons. The lowest BCUT2D eigenvalue weighted by Crippen LogP contribution is -2.09. The molecule has 0 aliphatic rings. The molecule has 0 spiro atoms. The first-order chi connectivity index (χ1) is 9.08. The van der Waals surface area contributed by atoms with Crippen LogP contribution in [0.1, 0.15) is 15.2 Å². The quantitative estimate of drug-likeness (QED) is 0.748. The first-order valence-corrected chi connectivity index (χ1v) is 6.20. The van der Waals surface area contributed by atoms with Crippen LogP contribution in [0.5, 0.6) is 0 Å². The molecule has 7 heteroatoms. The molecule has 0 aliphatic heterocycles. The lowest BCUT2D eigenvalue weighted by molar-refractivity contribution is 0.0701. The highest BCUT2D eigenvalue weighted by atomic mass is 32.1. The van der Waals surface area contributed by atoms with Gasteiger partial charge in [-0.05, 0) is 24.6 Å². The first kappa shape index (κ1) is 11.7. The third-order valence-corrected chi connectivity index (χ3v) is 3.92. The molecule has 0 atom stereocenters. The van der Waals surface area contributed by atoms with Crippen LogP contribution in [0, 0.1) is 6.92 Å². The lowest BCUT2D eigenvalue weighted by Gasteiger charge is -1.96. The summed E-state index contributed by atoms with van der Waals surface area (Å²) >= 11 is 0.985. The second kappa shape index (κ2) is 4.06. The minimum atomic E-state index is -1.06. The predicted molar refractivity (Wildman–Crippen MR) is 69.6 cm³/mol. The van der Waals surface area contributed by atoms with Gasteiger partial charge < -0.3 is 14.5 Å². The fourth-order valence-corrected chi connectivity index (χ4v) is 2.90. The zero-order valence-electron chi connectivity index (χ0n) is 9.76. The number of hydrogen-bond acceptors (Lipinski definition) is 5. The molecule has 2 N–H and O–H groups in total. The minimum Gasteiger partial charge on any atom is -0.477 e. The molecule has 0 amide bonds. The molecule has 0 aliphatic carbocycles. The van der Waals surface area contributed by atoms with E-state index in [1.807, 2.05) is 0 Å². The third kappa shape index (κ3) is 1.75. The van der Waals surface area contributed by atoms with Crippen molar-refractivity contribution < 1.29 is 14.3 Å². The van der Waals surface area contributed by atoms with Crippen molar-refractivity contribution in [3.8, 4) is 11.6 Å². The van der Waals surface area contributed by atoms with Gasteiger partial charge in [0.25, 0.3) is 5.56 Å². The number of aromatic carboxylic acids is 1. The molecule has 96 valence electrons. The molecule has 0 fully saturated rings. The number of aromatic amines is 1. The number of rotatable bonds is 2. The molecule has 3 heterocycles. The standard InChI is InChI=1S/C12H8N2O4S/c1-5-7-10(15)13-9(6-3-2-4-18-6)14-11(7)19-8(5)12(16)17/h2-4H,1H3,(H,16,17)(H,13,14,15). The molecule has 0 aromatic carbocycles. The van der Waals surface area contributed by atoms with Crippen LogP contribution in [0.4, 0.5) is 0 Å². The summed E-state index contributed by atoms with van der Waals surface area (Å²) < 4.78 is 5.16. The van der Waals surface area contributed by atoms with E-state index >= 15 is 0 Å². The summed E-state index contributed by atoms with van der Waals surface area (Å²) in [5, 5.41) is 9.38. The number of nitrogens with one attached hydrogen (secondary N) is 1. The number of nitrogens with zero attached hydrogens (tertiary/aromatic N) is 1. The summed E-state index contributed by atoms with van der Waals surface area (Å²) in [5.74, 6) is -0.331. The molecular formula is C12H8N2O4S. The normalized spacial score (nSPS) is 11.0.